The molecule has 0 radical (unpaired) electrons. The maximum absolute atomic E-state index is 12.7. The van der Waals surface area contributed by atoms with Gasteiger partial charge in [0.05, 0.1) is 37.8 Å². The van der Waals surface area contributed by atoms with Crippen LogP contribution in [0.2, 0.25) is 0 Å². The van der Waals surface area contributed by atoms with Gasteiger partial charge in [0.2, 0.25) is 5.75 Å². The van der Waals surface area contributed by atoms with Crippen molar-refractivity contribution in [1.82, 2.24) is 4.98 Å². The van der Waals surface area contributed by atoms with Crippen molar-refractivity contribution >= 4 is 22.5 Å². The first-order chi connectivity index (χ1) is 11.7. The Morgan fingerprint density at radius 2 is 1.71 bits per heavy atom. The first-order valence-electron chi connectivity index (χ1n) is 7.36. The number of methoxy groups -OCH3 is 3. The van der Waals surface area contributed by atoms with E-state index in [1.165, 1.54) is 14.2 Å². The average Bonchev–Trinajstić information content (AvgIpc) is 3.04. The monoisotopic (exact) mass is 326 g/mol. The van der Waals surface area contributed by atoms with E-state index in [0.29, 0.717) is 28.2 Å². The molecule has 3 aromatic rings. The molecule has 0 unspecified atom stereocenters. The van der Waals surface area contributed by atoms with Crippen LogP contribution in [0.4, 0.5) is 5.69 Å². The summed E-state index contributed by atoms with van der Waals surface area (Å²) in [5.74, 6) is 1.18. The number of carbonyl (C=O) groups excluding carboxylic acids is 1. The van der Waals surface area contributed by atoms with Crippen molar-refractivity contribution in [3.63, 3.8) is 0 Å². The molecule has 24 heavy (non-hydrogen) atoms. The number of aromatic nitrogens is 1. The Labute approximate surface area is 139 Å². The van der Waals surface area contributed by atoms with Crippen LogP contribution < -0.4 is 19.5 Å². The lowest BCUT2D eigenvalue weighted by molar-refractivity contribution is 0.102. The minimum absolute atomic E-state index is 0.238. The molecule has 2 aromatic carbocycles. The summed E-state index contributed by atoms with van der Waals surface area (Å²) in [4.78, 5) is 15.7. The van der Waals surface area contributed by atoms with E-state index in [9.17, 15) is 4.79 Å². The lowest BCUT2D eigenvalue weighted by Crippen LogP contribution is -2.11. The second kappa shape index (κ2) is 6.54. The summed E-state index contributed by atoms with van der Waals surface area (Å²) >= 11 is 0. The SMILES string of the molecule is COc1cc2[nH]cc(C(=O)Nc3ccccc3)c2c(OC)c1OC. The number of rotatable bonds is 5. The predicted molar refractivity (Wildman–Crippen MR) is 92.3 cm³/mol. The third-order valence-electron chi connectivity index (χ3n) is 3.75. The van der Waals surface area contributed by atoms with Gasteiger partial charge in [0, 0.05) is 18.0 Å². The Balaban J connectivity index is 2.10. The summed E-state index contributed by atoms with van der Waals surface area (Å²) in [6.07, 6.45) is 1.64. The van der Waals surface area contributed by atoms with Gasteiger partial charge in [-0.3, -0.25) is 4.79 Å². The van der Waals surface area contributed by atoms with Gasteiger partial charge in [-0.2, -0.15) is 0 Å². The van der Waals surface area contributed by atoms with Crippen LogP contribution in [0, 0.1) is 0 Å². The summed E-state index contributed by atoms with van der Waals surface area (Å²) < 4.78 is 16.2. The minimum Gasteiger partial charge on any atom is -0.493 e. The van der Waals surface area contributed by atoms with E-state index in [-0.39, 0.29) is 5.91 Å². The molecule has 0 saturated carbocycles. The highest BCUT2D eigenvalue weighted by Crippen LogP contribution is 2.44. The third kappa shape index (κ3) is 2.62. The minimum atomic E-state index is -0.238. The maximum Gasteiger partial charge on any atom is 0.257 e. The van der Waals surface area contributed by atoms with Crippen LogP contribution in [-0.4, -0.2) is 32.2 Å². The summed E-state index contributed by atoms with van der Waals surface area (Å²) in [6.45, 7) is 0. The number of ether oxygens (including phenoxy) is 3. The van der Waals surface area contributed by atoms with Crippen molar-refractivity contribution in [2.24, 2.45) is 0 Å². The van der Waals surface area contributed by atoms with Gasteiger partial charge in [0.1, 0.15) is 0 Å². The second-order valence-electron chi connectivity index (χ2n) is 5.09. The van der Waals surface area contributed by atoms with E-state index >= 15 is 0 Å². The molecule has 1 heterocycles. The number of H-pyrrole nitrogens is 1. The van der Waals surface area contributed by atoms with E-state index in [0.717, 1.165) is 11.2 Å². The van der Waals surface area contributed by atoms with Crippen molar-refractivity contribution in [2.45, 2.75) is 0 Å². The number of hydrogen-bond acceptors (Lipinski definition) is 4. The van der Waals surface area contributed by atoms with Crippen molar-refractivity contribution < 1.29 is 19.0 Å². The van der Waals surface area contributed by atoms with Crippen LogP contribution in [0.3, 0.4) is 0 Å². The van der Waals surface area contributed by atoms with Crippen LogP contribution in [0.15, 0.2) is 42.6 Å². The van der Waals surface area contributed by atoms with Crippen LogP contribution in [0.5, 0.6) is 17.2 Å². The fourth-order valence-electron chi connectivity index (χ4n) is 2.66. The summed E-state index contributed by atoms with van der Waals surface area (Å²) in [7, 11) is 4.61. The van der Waals surface area contributed by atoms with E-state index in [2.05, 4.69) is 10.3 Å². The van der Waals surface area contributed by atoms with Crippen LogP contribution >= 0.6 is 0 Å². The van der Waals surface area contributed by atoms with Crippen LogP contribution in [0.1, 0.15) is 10.4 Å². The van der Waals surface area contributed by atoms with Crippen molar-refractivity contribution in [3.05, 3.63) is 48.2 Å². The Bertz CT molecular complexity index is 872. The fourth-order valence-corrected chi connectivity index (χ4v) is 2.66. The van der Waals surface area contributed by atoms with Gasteiger partial charge in [-0.25, -0.2) is 0 Å². The molecular formula is C18H18N2O4. The molecule has 124 valence electrons. The zero-order valence-corrected chi connectivity index (χ0v) is 13.7. The highest BCUT2D eigenvalue weighted by atomic mass is 16.5. The maximum atomic E-state index is 12.7. The third-order valence-corrected chi connectivity index (χ3v) is 3.75. The highest BCUT2D eigenvalue weighted by molar-refractivity contribution is 6.15. The number of carbonyl (C=O) groups is 1. The fraction of sp³-hybridized carbons (Fsp3) is 0.167. The quantitative estimate of drug-likeness (QED) is 0.753. The number of aromatic amines is 1. The zero-order valence-electron chi connectivity index (χ0n) is 13.7. The highest BCUT2D eigenvalue weighted by Gasteiger charge is 2.22. The molecule has 1 aromatic heterocycles. The number of anilines is 1. The lowest BCUT2D eigenvalue weighted by atomic mass is 10.1. The van der Waals surface area contributed by atoms with Crippen molar-refractivity contribution in [1.29, 1.82) is 0 Å². The lowest BCUT2D eigenvalue weighted by Gasteiger charge is -2.14. The molecule has 6 nitrogen and oxygen atoms in total. The Hall–Kier alpha value is -3.15. The second-order valence-corrected chi connectivity index (χ2v) is 5.09. The normalized spacial score (nSPS) is 10.5. The molecule has 0 aliphatic heterocycles. The molecule has 0 fully saturated rings. The first-order valence-corrected chi connectivity index (χ1v) is 7.36. The number of nitrogens with one attached hydrogen (secondary N) is 2. The van der Waals surface area contributed by atoms with Gasteiger partial charge < -0.3 is 24.5 Å². The van der Waals surface area contributed by atoms with E-state index in [1.807, 2.05) is 30.3 Å². The van der Waals surface area contributed by atoms with Crippen molar-refractivity contribution in [3.8, 4) is 17.2 Å². The number of para-hydroxylation sites is 1. The molecule has 1 amide bonds. The Kier molecular flexibility index (Phi) is 4.29. The molecule has 0 spiro atoms. The number of amides is 1. The molecule has 0 bridgehead atoms. The van der Waals surface area contributed by atoms with E-state index in [1.54, 1.807) is 19.4 Å². The largest absolute Gasteiger partial charge is 0.493 e. The van der Waals surface area contributed by atoms with Crippen LogP contribution in [-0.2, 0) is 0 Å². The Morgan fingerprint density at radius 3 is 2.33 bits per heavy atom. The van der Waals surface area contributed by atoms with Gasteiger partial charge in [0.25, 0.3) is 5.91 Å². The molecule has 0 saturated heterocycles. The topological polar surface area (TPSA) is 72.6 Å². The summed E-state index contributed by atoms with van der Waals surface area (Å²) in [5.41, 5.74) is 1.91. The van der Waals surface area contributed by atoms with Gasteiger partial charge in [-0.1, -0.05) is 18.2 Å². The standard InChI is InChI=1S/C18H18N2O4/c1-22-14-9-13-15(17(24-3)16(14)23-2)12(10-19-13)18(21)20-11-7-5-4-6-8-11/h4-10,19H,1-3H3,(H,20,21). The molecule has 3 rings (SSSR count). The smallest absolute Gasteiger partial charge is 0.257 e. The van der Waals surface area contributed by atoms with Gasteiger partial charge in [-0.15, -0.1) is 0 Å². The van der Waals surface area contributed by atoms with E-state index < -0.39 is 0 Å². The van der Waals surface area contributed by atoms with Gasteiger partial charge in [0.15, 0.2) is 11.5 Å². The molecule has 0 aliphatic carbocycles. The summed E-state index contributed by atoms with van der Waals surface area (Å²) in [6, 6.07) is 11.0. The Morgan fingerprint density at radius 1 is 1.00 bits per heavy atom. The van der Waals surface area contributed by atoms with Crippen LogP contribution in [0.25, 0.3) is 10.9 Å². The molecule has 0 aliphatic rings. The average molecular weight is 326 g/mol. The zero-order chi connectivity index (χ0) is 17.1. The molecule has 2 N–H and O–H groups in total. The summed E-state index contributed by atoms with van der Waals surface area (Å²) in [5, 5.41) is 3.51. The van der Waals surface area contributed by atoms with Gasteiger partial charge in [-0.05, 0) is 12.1 Å². The number of hydrogen-bond donors (Lipinski definition) is 2. The molecular weight excluding hydrogens is 308 g/mol. The van der Waals surface area contributed by atoms with E-state index in [4.69, 9.17) is 14.2 Å². The number of benzene rings is 2. The molecule has 0 atom stereocenters. The number of fused-ring (bicyclic) bond motifs is 1. The predicted octanol–water partition coefficient (Wildman–Crippen LogP) is 3.45. The van der Waals surface area contributed by atoms with Crippen molar-refractivity contribution in [2.75, 3.05) is 26.6 Å². The van der Waals surface area contributed by atoms with Gasteiger partial charge >= 0.3 is 0 Å². The first kappa shape index (κ1) is 15.7. The molecule has 6 heteroatoms.